The quantitative estimate of drug-likeness (QED) is 0.734. The summed E-state index contributed by atoms with van der Waals surface area (Å²) in [6, 6.07) is 0. The van der Waals surface area contributed by atoms with Crippen LogP contribution in [-0.4, -0.2) is 40.5 Å². The summed E-state index contributed by atoms with van der Waals surface area (Å²) in [5.74, 6) is 3.75. The summed E-state index contributed by atoms with van der Waals surface area (Å²) in [6.07, 6.45) is 10.3. The number of rotatable bonds is 6. The van der Waals surface area contributed by atoms with Crippen LogP contribution in [-0.2, 0) is 11.3 Å². The predicted octanol–water partition coefficient (Wildman–Crippen LogP) is 1.43. The fourth-order valence-corrected chi connectivity index (χ4v) is 6.94. The summed E-state index contributed by atoms with van der Waals surface area (Å²) in [5, 5.41) is 12.2. The lowest BCUT2D eigenvalue weighted by atomic mass is 9.53. The average Bonchev–Trinajstić information content (AvgIpc) is 3.23. The Morgan fingerprint density at radius 2 is 1.77 bits per heavy atom. The second-order valence-corrected chi connectivity index (χ2v) is 10.1. The zero-order valence-electron chi connectivity index (χ0n) is 15.3. The van der Waals surface area contributed by atoms with Crippen LogP contribution in [0.3, 0.4) is 0 Å². The lowest BCUT2D eigenvalue weighted by molar-refractivity contribution is -0.902. The summed E-state index contributed by atoms with van der Waals surface area (Å²) in [6.45, 7) is 3.20. The van der Waals surface area contributed by atoms with Crippen molar-refractivity contribution in [3.05, 3.63) is 5.89 Å². The number of nitrogens with one attached hydrogen (secondary N) is 2. The van der Waals surface area contributed by atoms with Crippen molar-refractivity contribution < 1.29 is 14.1 Å². The summed E-state index contributed by atoms with van der Waals surface area (Å²) < 4.78 is 5.73. The van der Waals surface area contributed by atoms with Gasteiger partial charge in [-0.05, 0) is 56.3 Å². The lowest BCUT2D eigenvalue weighted by Gasteiger charge is -2.56. The minimum absolute atomic E-state index is 0.0888. The number of carbonyl (C=O) groups is 1. The van der Waals surface area contributed by atoms with Gasteiger partial charge in [0.25, 0.3) is 11.1 Å². The van der Waals surface area contributed by atoms with E-state index in [9.17, 15) is 4.79 Å². The topological polar surface area (TPSA) is 72.5 Å². The maximum Gasteiger partial charge on any atom is 0.277 e. The van der Waals surface area contributed by atoms with Crippen LogP contribution in [0.4, 0.5) is 0 Å². The van der Waals surface area contributed by atoms with Gasteiger partial charge in [-0.3, -0.25) is 4.79 Å². The molecule has 1 aromatic rings. The fraction of sp³-hybridized carbons (Fsp3) is 0.842. The first kappa shape index (κ1) is 17.0. The van der Waals surface area contributed by atoms with Gasteiger partial charge in [0.2, 0.25) is 5.91 Å². The second-order valence-electron chi connectivity index (χ2n) is 9.13. The number of nitrogens with zero attached hydrogens (tertiary/aromatic N) is 2. The Morgan fingerprint density at radius 3 is 2.42 bits per heavy atom. The zero-order chi connectivity index (χ0) is 17.6. The van der Waals surface area contributed by atoms with Gasteiger partial charge in [-0.15, -0.1) is 10.2 Å². The van der Waals surface area contributed by atoms with Crippen LogP contribution in [0.25, 0.3) is 0 Å². The number of carbonyl (C=O) groups excluding carboxylic acids is 1. The van der Waals surface area contributed by atoms with Gasteiger partial charge in [-0.1, -0.05) is 11.8 Å². The molecule has 5 fully saturated rings. The molecule has 4 aliphatic carbocycles. The first-order valence-electron chi connectivity index (χ1n) is 10.3. The SMILES string of the molecule is O=C(CSc1nnc(C[NH+]2CCCC2)o1)NC12CC3CC(CC(C3)C1)C2. The smallest absolute Gasteiger partial charge is 0.277 e. The Kier molecular flexibility index (Phi) is 4.47. The van der Waals surface area contributed by atoms with E-state index < -0.39 is 0 Å². The molecule has 1 aromatic heterocycles. The van der Waals surface area contributed by atoms with Gasteiger partial charge in [0.1, 0.15) is 0 Å². The van der Waals surface area contributed by atoms with Gasteiger partial charge in [0, 0.05) is 18.4 Å². The third-order valence-corrected chi connectivity index (χ3v) is 7.75. The Morgan fingerprint density at radius 1 is 1.12 bits per heavy atom. The van der Waals surface area contributed by atoms with Crippen molar-refractivity contribution in [3.63, 3.8) is 0 Å². The molecule has 26 heavy (non-hydrogen) atoms. The molecule has 0 spiro atoms. The standard InChI is InChI=1S/C19H28N4O2S/c24-16(20-19-8-13-5-14(9-19)7-15(6-13)10-19)12-26-18-22-21-17(25-18)11-23-3-1-2-4-23/h13-15H,1-12H2,(H,20,24)/p+1. The number of amides is 1. The van der Waals surface area contributed by atoms with Crippen molar-refractivity contribution in [2.24, 2.45) is 17.8 Å². The molecule has 4 bridgehead atoms. The van der Waals surface area contributed by atoms with E-state index in [1.54, 1.807) is 0 Å². The lowest BCUT2D eigenvalue weighted by Crippen LogP contribution is -3.08. The molecule has 7 heteroatoms. The van der Waals surface area contributed by atoms with E-state index in [4.69, 9.17) is 4.42 Å². The van der Waals surface area contributed by atoms with Crippen LogP contribution in [0, 0.1) is 17.8 Å². The predicted molar refractivity (Wildman–Crippen MR) is 97.7 cm³/mol. The number of thioether (sulfide) groups is 1. The van der Waals surface area contributed by atoms with Crippen LogP contribution in [0.15, 0.2) is 9.64 Å². The molecule has 1 saturated heterocycles. The number of quaternary nitrogens is 1. The molecular formula is C19H29N4O2S+. The van der Waals surface area contributed by atoms with Crippen molar-refractivity contribution in [1.82, 2.24) is 15.5 Å². The van der Waals surface area contributed by atoms with E-state index in [0.29, 0.717) is 16.9 Å². The fourth-order valence-electron chi connectivity index (χ4n) is 6.36. The van der Waals surface area contributed by atoms with Crippen LogP contribution in [0.2, 0.25) is 0 Å². The highest BCUT2D eigenvalue weighted by Crippen LogP contribution is 2.55. The van der Waals surface area contributed by atoms with E-state index in [2.05, 4.69) is 15.5 Å². The van der Waals surface area contributed by atoms with E-state index >= 15 is 0 Å². The monoisotopic (exact) mass is 377 g/mol. The molecule has 1 aliphatic heterocycles. The van der Waals surface area contributed by atoms with E-state index in [1.807, 2.05) is 0 Å². The molecule has 1 amide bonds. The summed E-state index contributed by atoms with van der Waals surface area (Å²) in [4.78, 5) is 14.1. The molecule has 2 heterocycles. The van der Waals surface area contributed by atoms with Crippen molar-refractivity contribution in [2.75, 3.05) is 18.8 Å². The van der Waals surface area contributed by atoms with Crippen LogP contribution < -0.4 is 10.2 Å². The van der Waals surface area contributed by atoms with Crippen molar-refractivity contribution in [2.45, 2.75) is 68.7 Å². The Hall–Kier alpha value is -1.08. The minimum Gasteiger partial charge on any atom is -0.410 e. The number of hydrogen-bond acceptors (Lipinski definition) is 5. The zero-order valence-corrected chi connectivity index (χ0v) is 16.2. The molecule has 2 N–H and O–H groups in total. The Labute approximate surface area is 158 Å². The molecule has 5 aliphatic rings. The Bertz CT molecular complexity index is 635. The highest BCUT2D eigenvalue weighted by atomic mass is 32.2. The molecular weight excluding hydrogens is 348 g/mol. The minimum atomic E-state index is 0.0888. The number of likely N-dealkylation sites (tertiary alicyclic amines) is 1. The maximum absolute atomic E-state index is 12.6. The first-order chi connectivity index (χ1) is 12.7. The van der Waals surface area contributed by atoms with Crippen molar-refractivity contribution >= 4 is 17.7 Å². The Balaban J connectivity index is 1.13. The highest BCUT2D eigenvalue weighted by molar-refractivity contribution is 7.99. The number of hydrogen-bond donors (Lipinski definition) is 2. The largest absolute Gasteiger partial charge is 0.410 e. The molecule has 142 valence electrons. The van der Waals surface area contributed by atoms with Gasteiger partial charge < -0.3 is 14.6 Å². The van der Waals surface area contributed by atoms with Gasteiger partial charge in [-0.25, -0.2) is 0 Å². The average molecular weight is 378 g/mol. The van der Waals surface area contributed by atoms with Crippen LogP contribution in [0.5, 0.6) is 0 Å². The van der Waals surface area contributed by atoms with Gasteiger partial charge in [0.05, 0.1) is 18.8 Å². The van der Waals surface area contributed by atoms with E-state index in [1.165, 1.54) is 81.1 Å². The first-order valence-corrected chi connectivity index (χ1v) is 11.2. The molecule has 0 radical (unpaired) electrons. The van der Waals surface area contributed by atoms with Crippen LogP contribution >= 0.6 is 11.8 Å². The highest BCUT2D eigenvalue weighted by Gasteiger charge is 2.51. The van der Waals surface area contributed by atoms with Crippen LogP contribution in [0.1, 0.15) is 57.3 Å². The maximum atomic E-state index is 12.6. The third-order valence-electron chi connectivity index (χ3n) is 6.93. The molecule has 0 aromatic carbocycles. The van der Waals surface area contributed by atoms with Gasteiger partial charge >= 0.3 is 0 Å². The van der Waals surface area contributed by atoms with Gasteiger partial charge in [-0.2, -0.15) is 0 Å². The third kappa shape index (κ3) is 3.52. The number of aromatic nitrogens is 2. The molecule has 0 unspecified atom stereocenters. The molecule has 4 saturated carbocycles. The molecule has 6 rings (SSSR count). The van der Waals surface area contributed by atoms with Crippen molar-refractivity contribution in [3.8, 4) is 0 Å². The second kappa shape index (κ2) is 6.82. The molecule has 0 atom stereocenters. The summed E-state index contributed by atoms with van der Waals surface area (Å²) in [5.41, 5.74) is 0.0888. The normalized spacial score (nSPS) is 35.9. The summed E-state index contributed by atoms with van der Waals surface area (Å²) >= 11 is 1.37. The van der Waals surface area contributed by atoms with Crippen molar-refractivity contribution in [1.29, 1.82) is 0 Å². The van der Waals surface area contributed by atoms with E-state index in [0.717, 1.165) is 24.3 Å². The van der Waals surface area contributed by atoms with Gasteiger partial charge in [0.15, 0.2) is 6.54 Å². The molecule has 6 nitrogen and oxygen atoms in total. The van der Waals surface area contributed by atoms with E-state index in [-0.39, 0.29) is 11.4 Å². The summed E-state index contributed by atoms with van der Waals surface area (Å²) in [7, 11) is 0.